The summed E-state index contributed by atoms with van der Waals surface area (Å²) in [6.07, 6.45) is 0.134. The monoisotopic (exact) mass is 309 g/mol. The Balaban J connectivity index is 0.00000225. The molecule has 0 unspecified atom stereocenters. The average Bonchev–Trinajstić information content (AvgIpc) is 2.62. The Labute approximate surface area is 107 Å². The van der Waals surface area contributed by atoms with Crippen molar-refractivity contribution in [2.24, 2.45) is 0 Å². The first-order valence-corrected chi connectivity index (χ1v) is 5.03. The van der Waals surface area contributed by atoms with Gasteiger partial charge in [0.25, 0.3) is 0 Å². The number of nitrogens with one attached hydrogen (secondary N) is 2. The first kappa shape index (κ1) is 14.8. The molecule has 8 heteroatoms. The summed E-state index contributed by atoms with van der Waals surface area (Å²) < 4.78 is 4.50. The molecule has 0 aliphatic heterocycles. The molecule has 0 spiro atoms. The molecule has 1 aromatic heterocycles. The predicted octanol–water partition coefficient (Wildman–Crippen LogP) is 0.899. The Kier molecular flexibility index (Phi) is 6.66. The van der Waals surface area contributed by atoms with Crippen LogP contribution in [0, 0.1) is 0 Å². The highest BCUT2D eigenvalue weighted by Crippen LogP contribution is 2.14. The van der Waals surface area contributed by atoms with E-state index in [9.17, 15) is 9.59 Å². The number of thiazole rings is 1. The van der Waals surface area contributed by atoms with Crippen molar-refractivity contribution in [3.63, 3.8) is 0 Å². The maximum Gasteiger partial charge on any atom is 0.311 e. The Morgan fingerprint density at radius 1 is 1.56 bits per heavy atom. The van der Waals surface area contributed by atoms with Crippen LogP contribution >= 0.6 is 28.3 Å². The van der Waals surface area contributed by atoms with Gasteiger partial charge in [-0.05, 0) is 0 Å². The summed E-state index contributed by atoms with van der Waals surface area (Å²) in [7, 11) is 1.32. The molecule has 1 heterocycles. The molecule has 0 fully saturated rings. The van der Waals surface area contributed by atoms with Crippen molar-refractivity contribution in [3.8, 4) is 0 Å². The molecule has 1 aromatic rings. The normalized spacial score (nSPS) is 8.88. The Morgan fingerprint density at radius 3 is 2.81 bits per heavy atom. The van der Waals surface area contributed by atoms with E-state index in [1.54, 1.807) is 5.38 Å². The topological polar surface area (TPSA) is 80.3 Å². The third-order valence-electron chi connectivity index (χ3n) is 1.45. The van der Waals surface area contributed by atoms with Gasteiger partial charge in [-0.25, -0.2) is 4.98 Å². The number of nitrogens with zero attached hydrogens (tertiary/aromatic N) is 1. The Bertz CT molecular complexity index is 369. The fourth-order valence-electron chi connectivity index (χ4n) is 0.807. The fourth-order valence-corrected chi connectivity index (χ4v) is 1.47. The molecule has 0 aromatic carbocycles. The van der Waals surface area contributed by atoms with Crippen LogP contribution < -0.4 is 10.9 Å². The number of esters is 1. The molecule has 6 nitrogen and oxygen atoms in total. The molecule has 16 heavy (non-hydrogen) atoms. The minimum absolute atomic E-state index is 0. The van der Waals surface area contributed by atoms with Crippen molar-refractivity contribution in [2.45, 2.75) is 13.3 Å². The largest absolute Gasteiger partial charge is 0.469 e. The van der Waals surface area contributed by atoms with Crippen LogP contribution in [-0.2, 0) is 20.7 Å². The van der Waals surface area contributed by atoms with E-state index in [1.807, 2.05) is 0 Å². The van der Waals surface area contributed by atoms with E-state index < -0.39 is 0 Å². The van der Waals surface area contributed by atoms with Gasteiger partial charge in [0.1, 0.15) is 0 Å². The van der Waals surface area contributed by atoms with Crippen molar-refractivity contribution in [1.29, 1.82) is 0 Å². The summed E-state index contributed by atoms with van der Waals surface area (Å²) in [4.78, 5) is 25.5. The van der Waals surface area contributed by atoms with Gasteiger partial charge in [-0.1, -0.05) is 0 Å². The van der Waals surface area contributed by atoms with Gasteiger partial charge in [-0.3, -0.25) is 20.4 Å². The van der Waals surface area contributed by atoms with E-state index in [0.717, 1.165) is 0 Å². The van der Waals surface area contributed by atoms with Crippen molar-refractivity contribution in [2.75, 3.05) is 12.5 Å². The minimum atomic E-state index is -0.341. The molecule has 1 rings (SSSR count). The van der Waals surface area contributed by atoms with Crippen LogP contribution in [-0.4, -0.2) is 24.0 Å². The molecule has 0 saturated heterocycles. The number of ether oxygens (including phenoxy) is 1. The summed E-state index contributed by atoms with van der Waals surface area (Å²) in [5, 5.41) is 2.25. The lowest BCUT2D eigenvalue weighted by Gasteiger charge is -2.00. The summed E-state index contributed by atoms with van der Waals surface area (Å²) in [6, 6.07) is 0. The molecule has 0 aliphatic carbocycles. The number of rotatable bonds is 4. The number of carbonyl (C=O) groups is 2. The van der Waals surface area contributed by atoms with Crippen LogP contribution in [0.2, 0.25) is 0 Å². The van der Waals surface area contributed by atoms with Crippen LogP contribution in [0.1, 0.15) is 12.6 Å². The van der Waals surface area contributed by atoms with E-state index in [-0.39, 0.29) is 35.3 Å². The summed E-state index contributed by atoms with van der Waals surface area (Å²) in [5.74, 6) is -0.550. The lowest BCUT2D eigenvalue weighted by atomic mass is 10.3. The molecule has 1 amide bonds. The smallest absolute Gasteiger partial charge is 0.311 e. The van der Waals surface area contributed by atoms with Gasteiger partial charge >= 0.3 is 5.97 Å². The van der Waals surface area contributed by atoms with E-state index in [1.165, 1.54) is 25.4 Å². The lowest BCUT2D eigenvalue weighted by molar-refractivity contribution is -0.139. The molecule has 0 aliphatic rings. The molecule has 0 bridgehead atoms. The molecular weight excluding hydrogens is 298 g/mol. The van der Waals surface area contributed by atoms with Crippen LogP contribution in [0.25, 0.3) is 0 Å². The van der Waals surface area contributed by atoms with Crippen LogP contribution in [0.5, 0.6) is 0 Å². The Hall–Kier alpha value is -1.15. The van der Waals surface area contributed by atoms with E-state index >= 15 is 0 Å². The van der Waals surface area contributed by atoms with Gasteiger partial charge in [-0.2, -0.15) is 0 Å². The maximum absolute atomic E-state index is 10.9. The summed E-state index contributed by atoms with van der Waals surface area (Å²) >= 11 is 1.30. The van der Waals surface area contributed by atoms with Crippen molar-refractivity contribution < 1.29 is 14.3 Å². The number of hydrogen-bond donors (Lipinski definition) is 2. The number of carbonyl (C=O) groups excluding carboxylic acids is 2. The van der Waals surface area contributed by atoms with Gasteiger partial charge in [0.05, 0.1) is 19.2 Å². The third kappa shape index (κ3) is 5.08. The van der Waals surface area contributed by atoms with E-state index in [0.29, 0.717) is 10.8 Å². The molecule has 0 radical (unpaired) electrons. The fraction of sp³-hybridized carbons (Fsp3) is 0.375. The molecule has 0 saturated carbocycles. The predicted molar refractivity (Wildman–Crippen MR) is 65.6 cm³/mol. The zero-order valence-electron chi connectivity index (χ0n) is 8.77. The van der Waals surface area contributed by atoms with Crippen LogP contribution in [0.3, 0.4) is 0 Å². The number of hydrazine groups is 1. The first-order chi connectivity index (χ1) is 7.11. The minimum Gasteiger partial charge on any atom is -0.469 e. The number of methoxy groups -OCH3 is 1. The highest BCUT2D eigenvalue weighted by atomic mass is 79.9. The second-order valence-corrected chi connectivity index (χ2v) is 3.56. The zero-order valence-corrected chi connectivity index (χ0v) is 11.3. The number of aromatic nitrogens is 1. The standard InChI is InChI=1S/C8H11N3O3S.BrH/c1-5(12)10-11-8-9-6(4-15-8)3-7(13)14-2;/h4H,3H2,1-2H3,(H,9,11)(H,10,12);1H. The SMILES string of the molecule is Br.COC(=O)Cc1csc(NNC(C)=O)n1. The number of halogens is 1. The second kappa shape index (κ2) is 7.18. The van der Waals surface area contributed by atoms with Gasteiger partial charge in [0.15, 0.2) is 0 Å². The van der Waals surface area contributed by atoms with Crippen molar-refractivity contribution in [1.82, 2.24) is 10.4 Å². The molecule has 0 atom stereocenters. The number of hydrogen-bond acceptors (Lipinski definition) is 6. The number of amides is 1. The highest BCUT2D eigenvalue weighted by molar-refractivity contribution is 8.93. The molecule has 90 valence electrons. The highest BCUT2D eigenvalue weighted by Gasteiger charge is 2.07. The second-order valence-electron chi connectivity index (χ2n) is 2.70. The molecular formula is C8H12BrN3O3S. The summed E-state index contributed by atoms with van der Waals surface area (Å²) in [5.41, 5.74) is 5.61. The molecule has 2 N–H and O–H groups in total. The van der Waals surface area contributed by atoms with Crippen molar-refractivity contribution in [3.05, 3.63) is 11.1 Å². The lowest BCUT2D eigenvalue weighted by Crippen LogP contribution is -2.26. The van der Waals surface area contributed by atoms with Gasteiger partial charge < -0.3 is 4.74 Å². The third-order valence-corrected chi connectivity index (χ3v) is 2.26. The van der Waals surface area contributed by atoms with Crippen LogP contribution in [0.15, 0.2) is 5.38 Å². The van der Waals surface area contributed by atoms with Gasteiger partial charge in [0.2, 0.25) is 11.0 Å². The van der Waals surface area contributed by atoms with E-state index in [4.69, 9.17) is 0 Å². The zero-order chi connectivity index (χ0) is 11.3. The van der Waals surface area contributed by atoms with E-state index in [2.05, 4.69) is 20.6 Å². The average molecular weight is 310 g/mol. The maximum atomic E-state index is 10.9. The quantitative estimate of drug-likeness (QED) is 0.638. The first-order valence-electron chi connectivity index (χ1n) is 4.15. The summed E-state index contributed by atoms with van der Waals surface area (Å²) in [6.45, 7) is 1.38. The Morgan fingerprint density at radius 2 is 2.25 bits per heavy atom. The van der Waals surface area contributed by atoms with Gasteiger partial charge in [-0.15, -0.1) is 28.3 Å². The van der Waals surface area contributed by atoms with Crippen molar-refractivity contribution >= 4 is 45.3 Å². The van der Waals surface area contributed by atoms with Crippen LogP contribution in [0.4, 0.5) is 5.13 Å². The number of anilines is 1. The van der Waals surface area contributed by atoms with Gasteiger partial charge in [0, 0.05) is 12.3 Å².